The first-order valence-corrected chi connectivity index (χ1v) is 9.90. The Morgan fingerprint density at radius 2 is 1.19 bits per heavy atom. The van der Waals surface area contributed by atoms with Gasteiger partial charge in [0, 0.05) is 42.9 Å². The zero-order valence-electron chi connectivity index (χ0n) is 15.9. The van der Waals surface area contributed by atoms with Crippen LogP contribution in [0.2, 0.25) is 0 Å². The summed E-state index contributed by atoms with van der Waals surface area (Å²) in [5.74, 6) is 0. The van der Waals surface area contributed by atoms with Gasteiger partial charge in [-0.3, -0.25) is 10.9 Å². The van der Waals surface area contributed by atoms with Gasteiger partial charge in [-0.25, -0.2) is 0 Å². The van der Waals surface area contributed by atoms with Crippen LogP contribution in [0.5, 0.6) is 0 Å². The Balaban J connectivity index is 1.19. The minimum absolute atomic E-state index is 0.958. The summed E-state index contributed by atoms with van der Waals surface area (Å²) in [6.45, 7) is 3.93. The Morgan fingerprint density at radius 1 is 0.519 bits per heavy atom. The summed E-state index contributed by atoms with van der Waals surface area (Å²) in [5.41, 5.74) is 9.03. The summed E-state index contributed by atoms with van der Waals surface area (Å²) in [5, 5.41) is 9.55. The maximum atomic E-state index is 3.55. The predicted molar refractivity (Wildman–Crippen MR) is 117 cm³/mol. The van der Waals surface area contributed by atoms with Crippen LogP contribution in [0.4, 0.5) is 11.4 Å². The van der Waals surface area contributed by atoms with E-state index < -0.39 is 0 Å². The van der Waals surface area contributed by atoms with Gasteiger partial charge in [-0.2, -0.15) is 0 Å². The Bertz CT molecular complexity index is 783. The zero-order valence-corrected chi connectivity index (χ0v) is 15.9. The van der Waals surface area contributed by atoms with Crippen LogP contribution in [0, 0.1) is 0 Å². The number of anilines is 2. The van der Waals surface area contributed by atoms with Crippen LogP contribution in [0.3, 0.4) is 0 Å². The largest absolute Gasteiger partial charge is 0.385 e. The third kappa shape index (κ3) is 6.59. The SMILES string of the molecule is c1ccc(NCCCCNNCCCNc2cccc3ccccc23)cc1. The first-order valence-electron chi connectivity index (χ1n) is 9.90. The summed E-state index contributed by atoms with van der Waals surface area (Å²) < 4.78 is 0. The van der Waals surface area contributed by atoms with Gasteiger partial charge >= 0.3 is 0 Å². The molecule has 4 nitrogen and oxygen atoms in total. The van der Waals surface area contributed by atoms with Gasteiger partial charge in [-0.05, 0) is 42.8 Å². The molecular formula is C23H30N4. The second-order valence-electron chi connectivity index (χ2n) is 6.66. The molecule has 3 rings (SSSR count). The molecule has 4 heteroatoms. The van der Waals surface area contributed by atoms with Gasteiger partial charge in [0.05, 0.1) is 0 Å². The van der Waals surface area contributed by atoms with Crippen LogP contribution in [0.25, 0.3) is 10.8 Å². The minimum atomic E-state index is 0.958. The molecule has 0 saturated carbocycles. The Hall–Kier alpha value is -2.56. The molecule has 0 saturated heterocycles. The highest BCUT2D eigenvalue weighted by Crippen LogP contribution is 2.22. The lowest BCUT2D eigenvalue weighted by Gasteiger charge is -2.11. The molecule has 0 spiro atoms. The van der Waals surface area contributed by atoms with Crippen molar-refractivity contribution >= 4 is 22.1 Å². The van der Waals surface area contributed by atoms with Crippen molar-refractivity contribution in [2.75, 3.05) is 36.8 Å². The van der Waals surface area contributed by atoms with E-state index in [1.54, 1.807) is 0 Å². The molecule has 142 valence electrons. The van der Waals surface area contributed by atoms with Gasteiger partial charge in [0.25, 0.3) is 0 Å². The molecule has 4 N–H and O–H groups in total. The number of rotatable bonds is 12. The highest BCUT2D eigenvalue weighted by atomic mass is 15.3. The van der Waals surface area contributed by atoms with Crippen molar-refractivity contribution in [3.8, 4) is 0 Å². The van der Waals surface area contributed by atoms with Crippen molar-refractivity contribution in [2.45, 2.75) is 19.3 Å². The lowest BCUT2D eigenvalue weighted by atomic mass is 10.1. The Labute approximate surface area is 162 Å². The van der Waals surface area contributed by atoms with Gasteiger partial charge in [-0.1, -0.05) is 54.6 Å². The van der Waals surface area contributed by atoms with Gasteiger partial charge in [-0.15, -0.1) is 0 Å². The Morgan fingerprint density at radius 3 is 2.07 bits per heavy atom. The molecular weight excluding hydrogens is 332 g/mol. The van der Waals surface area contributed by atoms with Crippen molar-refractivity contribution in [1.82, 2.24) is 10.9 Å². The third-order valence-electron chi connectivity index (χ3n) is 4.54. The van der Waals surface area contributed by atoms with Crippen molar-refractivity contribution < 1.29 is 0 Å². The molecule has 0 aromatic heterocycles. The van der Waals surface area contributed by atoms with Crippen LogP contribution in [0.1, 0.15) is 19.3 Å². The quantitative estimate of drug-likeness (QED) is 0.280. The van der Waals surface area contributed by atoms with E-state index in [-0.39, 0.29) is 0 Å². The second kappa shape index (κ2) is 11.2. The summed E-state index contributed by atoms with van der Waals surface area (Å²) in [4.78, 5) is 0. The number of hydrogen-bond acceptors (Lipinski definition) is 4. The average Bonchev–Trinajstić information content (AvgIpc) is 2.73. The van der Waals surface area contributed by atoms with E-state index in [9.17, 15) is 0 Å². The molecule has 0 unspecified atom stereocenters. The summed E-state index contributed by atoms with van der Waals surface area (Å²) in [6.07, 6.45) is 3.39. The maximum absolute atomic E-state index is 3.55. The first kappa shape index (κ1) is 19.2. The molecule has 3 aromatic rings. The van der Waals surface area contributed by atoms with E-state index in [1.807, 2.05) is 6.07 Å². The molecule has 0 atom stereocenters. The molecule has 0 aliphatic heterocycles. The van der Waals surface area contributed by atoms with E-state index in [4.69, 9.17) is 0 Å². The normalized spacial score (nSPS) is 10.8. The monoisotopic (exact) mass is 362 g/mol. The van der Waals surface area contributed by atoms with Crippen LogP contribution in [-0.4, -0.2) is 26.2 Å². The van der Waals surface area contributed by atoms with Gasteiger partial charge in [0.1, 0.15) is 0 Å². The summed E-state index contributed by atoms with van der Waals surface area (Å²) in [6, 6.07) is 25.3. The molecule has 0 bridgehead atoms. The van der Waals surface area contributed by atoms with E-state index in [0.29, 0.717) is 0 Å². The molecule has 0 aliphatic rings. The third-order valence-corrected chi connectivity index (χ3v) is 4.54. The Kier molecular flexibility index (Phi) is 7.98. The van der Waals surface area contributed by atoms with Crippen LogP contribution < -0.4 is 21.5 Å². The fourth-order valence-electron chi connectivity index (χ4n) is 3.08. The minimum Gasteiger partial charge on any atom is -0.385 e. The summed E-state index contributed by atoms with van der Waals surface area (Å²) >= 11 is 0. The van der Waals surface area contributed by atoms with E-state index in [0.717, 1.165) is 45.4 Å². The van der Waals surface area contributed by atoms with Gasteiger partial charge < -0.3 is 10.6 Å². The zero-order chi connectivity index (χ0) is 18.6. The fourth-order valence-corrected chi connectivity index (χ4v) is 3.08. The van der Waals surface area contributed by atoms with Crippen molar-refractivity contribution in [1.29, 1.82) is 0 Å². The lowest BCUT2D eigenvalue weighted by molar-refractivity contribution is 0.510. The van der Waals surface area contributed by atoms with E-state index >= 15 is 0 Å². The van der Waals surface area contributed by atoms with Crippen molar-refractivity contribution in [3.05, 3.63) is 72.8 Å². The number of hydrazine groups is 1. The second-order valence-corrected chi connectivity index (χ2v) is 6.66. The van der Waals surface area contributed by atoms with Crippen LogP contribution in [-0.2, 0) is 0 Å². The van der Waals surface area contributed by atoms with E-state index in [1.165, 1.54) is 22.1 Å². The number of para-hydroxylation sites is 1. The molecule has 0 amide bonds. The molecule has 0 radical (unpaired) electrons. The van der Waals surface area contributed by atoms with Crippen LogP contribution >= 0.6 is 0 Å². The highest BCUT2D eigenvalue weighted by Gasteiger charge is 1.98. The molecule has 0 fully saturated rings. The van der Waals surface area contributed by atoms with Gasteiger partial charge in [0.15, 0.2) is 0 Å². The average molecular weight is 363 g/mol. The van der Waals surface area contributed by atoms with Crippen LogP contribution in [0.15, 0.2) is 72.8 Å². The van der Waals surface area contributed by atoms with E-state index in [2.05, 4.69) is 88.2 Å². The standard InChI is InChI=1S/C23H30N4/c1-2-12-21(13-3-1)24-16-6-7-18-26-27-19-9-17-25-23-15-8-11-20-10-4-5-14-22(20)23/h1-5,8,10-15,24-27H,6-7,9,16-19H2. The predicted octanol–water partition coefficient (Wildman–Crippen LogP) is 4.63. The number of fused-ring (bicyclic) bond motifs is 1. The van der Waals surface area contributed by atoms with Crippen molar-refractivity contribution in [3.63, 3.8) is 0 Å². The molecule has 0 aliphatic carbocycles. The lowest BCUT2D eigenvalue weighted by Crippen LogP contribution is -2.34. The first-order chi connectivity index (χ1) is 13.4. The number of hydrogen-bond donors (Lipinski definition) is 4. The smallest absolute Gasteiger partial charge is 0.0419 e. The topological polar surface area (TPSA) is 48.1 Å². The van der Waals surface area contributed by atoms with Gasteiger partial charge in [0.2, 0.25) is 0 Å². The number of nitrogens with one attached hydrogen (secondary N) is 4. The summed E-state index contributed by atoms with van der Waals surface area (Å²) in [7, 11) is 0. The van der Waals surface area contributed by atoms with Crippen molar-refractivity contribution in [2.24, 2.45) is 0 Å². The fraction of sp³-hybridized carbons (Fsp3) is 0.304. The highest BCUT2D eigenvalue weighted by molar-refractivity contribution is 5.93. The number of benzene rings is 3. The molecule has 0 heterocycles. The molecule has 3 aromatic carbocycles. The number of unbranched alkanes of at least 4 members (excludes halogenated alkanes) is 1. The maximum Gasteiger partial charge on any atom is 0.0419 e. The molecule has 27 heavy (non-hydrogen) atoms.